The molecule has 2 amide bonds. The van der Waals surface area contributed by atoms with Crippen molar-refractivity contribution in [2.45, 2.75) is 31.7 Å². The average Bonchev–Trinajstić information content (AvgIpc) is 3.23. The van der Waals surface area contributed by atoms with Crippen LogP contribution in [0.2, 0.25) is 0 Å². The number of rotatable bonds is 5. The van der Waals surface area contributed by atoms with Crippen LogP contribution >= 0.6 is 0 Å². The molecule has 0 spiro atoms. The molecule has 6 nitrogen and oxygen atoms in total. The normalized spacial score (nSPS) is 22.1. The van der Waals surface area contributed by atoms with Crippen LogP contribution < -0.4 is 5.32 Å². The summed E-state index contributed by atoms with van der Waals surface area (Å²) < 4.78 is 0. The first-order valence-corrected chi connectivity index (χ1v) is 7.06. The molecule has 2 heterocycles. The van der Waals surface area contributed by atoms with E-state index in [1.54, 1.807) is 18.6 Å². The number of carbonyl (C=O) groups excluding carboxylic acids is 2. The van der Waals surface area contributed by atoms with E-state index in [2.05, 4.69) is 15.3 Å². The SMILES string of the molecule is O=C(NCCc1cnccn1)[C@H]1CC(=O)N(C2CC2)C1. The van der Waals surface area contributed by atoms with Crippen LogP contribution in [-0.2, 0) is 16.0 Å². The third-order valence-corrected chi connectivity index (χ3v) is 3.81. The second kappa shape index (κ2) is 5.56. The molecule has 1 aromatic rings. The molecule has 2 aliphatic rings. The zero-order chi connectivity index (χ0) is 13.9. The van der Waals surface area contributed by atoms with Gasteiger partial charge in [-0.05, 0) is 12.8 Å². The van der Waals surface area contributed by atoms with E-state index in [-0.39, 0.29) is 17.7 Å². The molecule has 0 aromatic carbocycles. The highest BCUT2D eigenvalue weighted by Crippen LogP contribution is 2.32. The van der Waals surface area contributed by atoms with E-state index in [1.165, 1.54) is 0 Å². The van der Waals surface area contributed by atoms with Crippen molar-refractivity contribution in [1.29, 1.82) is 0 Å². The van der Waals surface area contributed by atoms with E-state index in [1.807, 2.05) is 4.90 Å². The number of hydrogen-bond acceptors (Lipinski definition) is 4. The molecule has 2 fully saturated rings. The van der Waals surface area contributed by atoms with Gasteiger partial charge in [-0.15, -0.1) is 0 Å². The minimum absolute atomic E-state index is 0.0228. The summed E-state index contributed by atoms with van der Waals surface area (Å²) >= 11 is 0. The number of hydrogen-bond donors (Lipinski definition) is 1. The molecule has 1 aliphatic carbocycles. The summed E-state index contributed by atoms with van der Waals surface area (Å²) in [6.07, 6.45) is 8.15. The molecule has 1 aromatic heterocycles. The zero-order valence-corrected chi connectivity index (χ0v) is 11.3. The summed E-state index contributed by atoms with van der Waals surface area (Å²) in [6, 6.07) is 0.403. The Morgan fingerprint density at radius 3 is 2.95 bits per heavy atom. The standard InChI is InChI=1S/C14H18N4O2/c19-13-7-10(9-18(13)12-1-2-12)14(20)17-4-3-11-8-15-5-6-16-11/h5-6,8,10,12H,1-4,7,9H2,(H,17,20)/t10-/m0/s1. The van der Waals surface area contributed by atoms with Crippen LogP contribution in [0, 0.1) is 5.92 Å². The van der Waals surface area contributed by atoms with Crippen LogP contribution in [0.3, 0.4) is 0 Å². The van der Waals surface area contributed by atoms with Gasteiger partial charge < -0.3 is 10.2 Å². The van der Waals surface area contributed by atoms with Crippen LogP contribution in [0.1, 0.15) is 25.0 Å². The summed E-state index contributed by atoms with van der Waals surface area (Å²) in [6.45, 7) is 1.12. The zero-order valence-electron chi connectivity index (χ0n) is 11.3. The van der Waals surface area contributed by atoms with Gasteiger partial charge in [0, 0.05) is 50.6 Å². The fraction of sp³-hybridized carbons (Fsp3) is 0.571. The Kier molecular flexibility index (Phi) is 3.62. The lowest BCUT2D eigenvalue weighted by Gasteiger charge is -2.15. The Hall–Kier alpha value is -1.98. The lowest BCUT2D eigenvalue weighted by molar-refractivity contribution is -0.129. The Balaban J connectivity index is 1.44. The summed E-state index contributed by atoms with van der Waals surface area (Å²) in [5.74, 6) is -0.0862. The molecule has 1 aliphatic heterocycles. The van der Waals surface area contributed by atoms with E-state index < -0.39 is 0 Å². The van der Waals surface area contributed by atoms with Gasteiger partial charge >= 0.3 is 0 Å². The summed E-state index contributed by atoms with van der Waals surface area (Å²) in [7, 11) is 0. The van der Waals surface area contributed by atoms with Gasteiger partial charge in [0.25, 0.3) is 0 Å². The van der Waals surface area contributed by atoms with Crippen molar-refractivity contribution < 1.29 is 9.59 Å². The van der Waals surface area contributed by atoms with Crippen molar-refractivity contribution in [3.63, 3.8) is 0 Å². The maximum absolute atomic E-state index is 12.0. The highest BCUT2D eigenvalue weighted by atomic mass is 16.2. The molecular weight excluding hydrogens is 256 g/mol. The van der Waals surface area contributed by atoms with Gasteiger partial charge in [-0.3, -0.25) is 19.6 Å². The van der Waals surface area contributed by atoms with Gasteiger partial charge in [-0.2, -0.15) is 0 Å². The van der Waals surface area contributed by atoms with Crippen molar-refractivity contribution >= 4 is 11.8 Å². The molecule has 106 valence electrons. The van der Waals surface area contributed by atoms with Crippen molar-refractivity contribution in [3.8, 4) is 0 Å². The Morgan fingerprint density at radius 1 is 1.40 bits per heavy atom. The van der Waals surface area contributed by atoms with Crippen LogP contribution in [0.5, 0.6) is 0 Å². The Bertz CT molecular complexity index is 501. The predicted molar refractivity (Wildman–Crippen MR) is 71.6 cm³/mol. The topological polar surface area (TPSA) is 75.2 Å². The molecule has 20 heavy (non-hydrogen) atoms. The second-order valence-electron chi connectivity index (χ2n) is 5.42. The number of likely N-dealkylation sites (tertiary alicyclic amines) is 1. The third-order valence-electron chi connectivity index (χ3n) is 3.81. The third kappa shape index (κ3) is 2.95. The van der Waals surface area contributed by atoms with Gasteiger partial charge in [-0.1, -0.05) is 0 Å². The van der Waals surface area contributed by atoms with E-state index in [0.717, 1.165) is 18.5 Å². The van der Waals surface area contributed by atoms with Crippen LogP contribution in [0.25, 0.3) is 0 Å². The van der Waals surface area contributed by atoms with Crippen molar-refractivity contribution in [3.05, 3.63) is 24.3 Å². The Labute approximate surface area is 117 Å². The maximum Gasteiger partial charge on any atom is 0.225 e. The van der Waals surface area contributed by atoms with E-state index in [9.17, 15) is 9.59 Å². The molecule has 1 saturated carbocycles. The minimum Gasteiger partial charge on any atom is -0.355 e. The molecule has 3 rings (SSSR count). The minimum atomic E-state index is -0.190. The first-order chi connectivity index (χ1) is 9.74. The van der Waals surface area contributed by atoms with E-state index in [4.69, 9.17) is 0 Å². The molecular formula is C14H18N4O2. The van der Waals surface area contributed by atoms with Crippen LogP contribution in [0.15, 0.2) is 18.6 Å². The first kappa shape index (κ1) is 13.0. The molecule has 1 N–H and O–H groups in total. The molecule has 6 heteroatoms. The van der Waals surface area contributed by atoms with E-state index in [0.29, 0.717) is 32.0 Å². The molecule has 0 radical (unpaired) electrons. The van der Waals surface area contributed by atoms with Gasteiger partial charge in [0.1, 0.15) is 0 Å². The summed E-state index contributed by atoms with van der Waals surface area (Å²) in [4.78, 5) is 33.8. The molecule has 0 unspecified atom stereocenters. The summed E-state index contributed by atoms with van der Waals surface area (Å²) in [5.41, 5.74) is 0.856. The molecule has 1 saturated heterocycles. The predicted octanol–water partition coefficient (Wildman–Crippen LogP) is 0.146. The van der Waals surface area contributed by atoms with Gasteiger partial charge in [-0.25, -0.2) is 0 Å². The monoisotopic (exact) mass is 274 g/mol. The highest BCUT2D eigenvalue weighted by Gasteiger charge is 2.41. The van der Waals surface area contributed by atoms with Crippen LogP contribution in [-0.4, -0.2) is 45.8 Å². The highest BCUT2D eigenvalue weighted by molar-refractivity contribution is 5.89. The largest absolute Gasteiger partial charge is 0.355 e. The molecule has 1 atom stereocenters. The smallest absolute Gasteiger partial charge is 0.225 e. The molecule has 0 bridgehead atoms. The number of nitrogens with zero attached hydrogens (tertiary/aromatic N) is 3. The lowest BCUT2D eigenvalue weighted by atomic mass is 10.1. The number of nitrogens with one attached hydrogen (secondary N) is 1. The fourth-order valence-corrected chi connectivity index (χ4v) is 2.56. The van der Waals surface area contributed by atoms with E-state index >= 15 is 0 Å². The second-order valence-corrected chi connectivity index (χ2v) is 5.42. The van der Waals surface area contributed by atoms with Crippen LogP contribution in [0.4, 0.5) is 0 Å². The maximum atomic E-state index is 12.0. The van der Waals surface area contributed by atoms with Crippen molar-refractivity contribution in [2.24, 2.45) is 5.92 Å². The average molecular weight is 274 g/mol. The van der Waals surface area contributed by atoms with Gasteiger partial charge in [0.05, 0.1) is 11.6 Å². The van der Waals surface area contributed by atoms with Crippen molar-refractivity contribution in [1.82, 2.24) is 20.2 Å². The number of carbonyl (C=O) groups is 2. The van der Waals surface area contributed by atoms with Gasteiger partial charge in [0.15, 0.2) is 0 Å². The number of aromatic nitrogens is 2. The Morgan fingerprint density at radius 2 is 2.25 bits per heavy atom. The lowest BCUT2D eigenvalue weighted by Crippen LogP contribution is -2.34. The van der Waals surface area contributed by atoms with Crippen molar-refractivity contribution in [2.75, 3.05) is 13.1 Å². The number of amides is 2. The fourth-order valence-electron chi connectivity index (χ4n) is 2.56. The summed E-state index contributed by atoms with van der Waals surface area (Å²) in [5, 5.41) is 2.89. The quantitative estimate of drug-likeness (QED) is 0.829. The van der Waals surface area contributed by atoms with Gasteiger partial charge in [0.2, 0.25) is 11.8 Å². The first-order valence-electron chi connectivity index (χ1n) is 7.06.